The summed E-state index contributed by atoms with van der Waals surface area (Å²) in [5, 5.41) is 2.61. The van der Waals surface area contributed by atoms with Gasteiger partial charge in [0.1, 0.15) is 0 Å². The van der Waals surface area contributed by atoms with E-state index in [1.54, 1.807) is 19.1 Å². The van der Waals surface area contributed by atoms with E-state index in [-0.39, 0.29) is 10.8 Å². The second kappa shape index (κ2) is 4.44. The van der Waals surface area contributed by atoms with E-state index in [0.717, 1.165) is 6.26 Å². The van der Waals surface area contributed by atoms with E-state index in [2.05, 4.69) is 5.32 Å². The molecule has 15 heavy (non-hydrogen) atoms. The van der Waals surface area contributed by atoms with Gasteiger partial charge in [0, 0.05) is 18.4 Å². The summed E-state index contributed by atoms with van der Waals surface area (Å²) < 4.78 is 22.5. The lowest BCUT2D eigenvalue weighted by molar-refractivity contribution is 0.0955. The maximum absolute atomic E-state index is 11.4. The molecule has 1 aromatic rings. The minimum atomic E-state index is -3.25. The van der Waals surface area contributed by atoms with Crippen LogP contribution in [0.15, 0.2) is 29.2 Å². The molecule has 4 nitrogen and oxygen atoms in total. The maximum Gasteiger partial charge on any atom is 0.251 e. The van der Waals surface area contributed by atoms with E-state index in [4.69, 9.17) is 0 Å². The van der Waals surface area contributed by atoms with E-state index in [0.29, 0.717) is 12.1 Å². The van der Waals surface area contributed by atoms with Crippen LogP contribution in [0.2, 0.25) is 0 Å². The first kappa shape index (κ1) is 11.7. The fraction of sp³-hybridized carbons (Fsp3) is 0.300. The largest absolute Gasteiger partial charge is 0.352 e. The molecule has 0 bridgehead atoms. The smallest absolute Gasteiger partial charge is 0.251 e. The summed E-state index contributed by atoms with van der Waals surface area (Å²) in [6.07, 6.45) is 1.11. The third-order valence-electron chi connectivity index (χ3n) is 1.86. The highest BCUT2D eigenvalue weighted by molar-refractivity contribution is 7.90. The highest BCUT2D eigenvalue weighted by Crippen LogP contribution is 2.10. The SMILES string of the molecule is CCNC(=O)c1cccc(S(C)(=O)=O)c1. The van der Waals surface area contributed by atoms with Gasteiger partial charge in [-0.1, -0.05) is 6.07 Å². The van der Waals surface area contributed by atoms with E-state index in [1.165, 1.54) is 12.1 Å². The molecule has 0 aromatic heterocycles. The Kier molecular flexibility index (Phi) is 3.47. The summed E-state index contributed by atoms with van der Waals surface area (Å²) >= 11 is 0. The van der Waals surface area contributed by atoms with Crippen molar-refractivity contribution in [3.05, 3.63) is 29.8 Å². The number of hydrogen-bond acceptors (Lipinski definition) is 3. The van der Waals surface area contributed by atoms with Crippen LogP contribution < -0.4 is 5.32 Å². The van der Waals surface area contributed by atoms with Crippen LogP contribution in [0.4, 0.5) is 0 Å². The standard InChI is InChI=1S/C10H13NO3S/c1-3-11-10(12)8-5-4-6-9(7-8)15(2,13)14/h4-7H,3H2,1-2H3,(H,11,12). The Labute approximate surface area is 89.2 Å². The van der Waals surface area contributed by atoms with Gasteiger partial charge >= 0.3 is 0 Å². The lowest BCUT2D eigenvalue weighted by Crippen LogP contribution is -2.22. The van der Waals surface area contributed by atoms with Gasteiger partial charge in [-0.05, 0) is 25.1 Å². The minimum absolute atomic E-state index is 0.159. The molecule has 0 spiro atoms. The van der Waals surface area contributed by atoms with Crippen molar-refractivity contribution >= 4 is 15.7 Å². The zero-order chi connectivity index (χ0) is 11.5. The average molecular weight is 227 g/mol. The third kappa shape index (κ3) is 3.06. The first-order valence-corrected chi connectivity index (χ1v) is 6.42. The molecule has 0 aliphatic rings. The van der Waals surface area contributed by atoms with Crippen molar-refractivity contribution in [3.8, 4) is 0 Å². The van der Waals surface area contributed by atoms with E-state index >= 15 is 0 Å². The Morgan fingerprint density at radius 2 is 2.07 bits per heavy atom. The highest BCUT2D eigenvalue weighted by atomic mass is 32.2. The Morgan fingerprint density at radius 3 is 2.60 bits per heavy atom. The van der Waals surface area contributed by atoms with E-state index in [9.17, 15) is 13.2 Å². The zero-order valence-corrected chi connectivity index (χ0v) is 9.47. The van der Waals surface area contributed by atoms with Crippen molar-refractivity contribution in [3.63, 3.8) is 0 Å². The normalized spacial score (nSPS) is 11.1. The van der Waals surface area contributed by atoms with Crippen molar-refractivity contribution in [2.24, 2.45) is 0 Å². The molecule has 1 aromatic carbocycles. The predicted octanol–water partition coefficient (Wildman–Crippen LogP) is 0.840. The first-order valence-electron chi connectivity index (χ1n) is 4.53. The molecule has 0 aliphatic heterocycles. The minimum Gasteiger partial charge on any atom is -0.352 e. The predicted molar refractivity (Wildman–Crippen MR) is 57.6 cm³/mol. The number of nitrogens with one attached hydrogen (secondary N) is 1. The van der Waals surface area contributed by atoms with Gasteiger partial charge in [-0.15, -0.1) is 0 Å². The lowest BCUT2D eigenvalue weighted by Gasteiger charge is -2.03. The average Bonchev–Trinajstić information content (AvgIpc) is 2.17. The molecule has 0 radical (unpaired) electrons. The van der Waals surface area contributed by atoms with Crippen molar-refractivity contribution < 1.29 is 13.2 Å². The van der Waals surface area contributed by atoms with E-state index < -0.39 is 9.84 Å². The Bertz CT molecular complexity index is 465. The monoisotopic (exact) mass is 227 g/mol. The summed E-state index contributed by atoms with van der Waals surface area (Å²) in [6, 6.07) is 5.99. The van der Waals surface area contributed by atoms with Crippen molar-refractivity contribution in [1.29, 1.82) is 0 Å². The second-order valence-corrected chi connectivity index (χ2v) is 5.18. The fourth-order valence-corrected chi connectivity index (χ4v) is 1.80. The second-order valence-electron chi connectivity index (χ2n) is 3.16. The number of carbonyl (C=O) groups excluding carboxylic acids is 1. The molecule has 5 heteroatoms. The van der Waals surface area contributed by atoms with Crippen LogP contribution in [0.1, 0.15) is 17.3 Å². The number of amides is 1. The molecule has 1 amide bonds. The quantitative estimate of drug-likeness (QED) is 0.832. The number of benzene rings is 1. The van der Waals surface area contributed by atoms with Crippen LogP contribution in [0.3, 0.4) is 0 Å². The maximum atomic E-state index is 11.4. The van der Waals surface area contributed by atoms with E-state index in [1.807, 2.05) is 0 Å². The van der Waals surface area contributed by atoms with Gasteiger partial charge in [-0.2, -0.15) is 0 Å². The molecule has 1 rings (SSSR count). The number of sulfone groups is 1. The molecule has 1 N–H and O–H groups in total. The highest BCUT2D eigenvalue weighted by Gasteiger charge is 2.10. The molecule has 0 atom stereocenters. The zero-order valence-electron chi connectivity index (χ0n) is 8.65. The molecule has 0 unspecified atom stereocenters. The van der Waals surface area contributed by atoms with Crippen molar-refractivity contribution in [2.45, 2.75) is 11.8 Å². The van der Waals surface area contributed by atoms with Gasteiger partial charge in [-0.25, -0.2) is 8.42 Å². The Balaban J connectivity index is 3.09. The molecule has 0 heterocycles. The lowest BCUT2D eigenvalue weighted by atomic mass is 10.2. The summed E-state index contributed by atoms with van der Waals surface area (Å²) in [7, 11) is -3.25. The summed E-state index contributed by atoms with van der Waals surface area (Å²) in [4.78, 5) is 11.6. The van der Waals surface area contributed by atoms with Crippen LogP contribution in [0.25, 0.3) is 0 Å². The Hall–Kier alpha value is -1.36. The van der Waals surface area contributed by atoms with Crippen LogP contribution in [-0.4, -0.2) is 27.1 Å². The van der Waals surface area contributed by atoms with Crippen LogP contribution in [-0.2, 0) is 9.84 Å². The number of carbonyl (C=O) groups is 1. The van der Waals surface area contributed by atoms with Crippen LogP contribution >= 0.6 is 0 Å². The van der Waals surface area contributed by atoms with Crippen molar-refractivity contribution in [1.82, 2.24) is 5.32 Å². The van der Waals surface area contributed by atoms with Gasteiger partial charge < -0.3 is 5.32 Å². The molecule has 0 fully saturated rings. The van der Waals surface area contributed by atoms with Crippen LogP contribution in [0, 0.1) is 0 Å². The molecule has 0 saturated heterocycles. The molecule has 0 saturated carbocycles. The first-order chi connectivity index (χ1) is 6.95. The molecule has 82 valence electrons. The molecule has 0 aliphatic carbocycles. The molecular weight excluding hydrogens is 214 g/mol. The Morgan fingerprint density at radius 1 is 1.40 bits per heavy atom. The summed E-state index contributed by atoms with van der Waals surface area (Å²) in [5.74, 6) is -0.261. The van der Waals surface area contributed by atoms with Crippen LogP contribution in [0.5, 0.6) is 0 Å². The third-order valence-corrected chi connectivity index (χ3v) is 2.97. The summed E-state index contributed by atoms with van der Waals surface area (Å²) in [5.41, 5.74) is 0.361. The van der Waals surface area contributed by atoms with Gasteiger partial charge in [-0.3, -0.25) is 4.79 Å². The number of hydrogen-bond donors (Lipinski definition) is 1. The summed E-state index contributed by atoms with van der Waals surface area (Å²) in [6.45, 7) is 2.32. The van der Waals surface area contributed by atoms with Gasteiger partial charge in [0.05, 0.1) is 4.90 Å². The van der Waals surface area contributed by atoms with Gasteiger partial charge in [0.25, 0.3) is 5.91 Å². The topological polar surface area (TPSA) is 63.2 Å². The molecular formula is C10H13NO3S. The number of rotatable bonds is 3. The van der Waals surface area contributed by atoms with Gasteiger partial charge in [0.2, 0.25) is 0 Å². The van der Waals surface area contributed by atoms with Crippen molar-refractivity contribution in [2.75, 3.05) is 12.8 Å². The van der Waals surface area contributed by atoms with Gasteiger partial charge in [0.15, 0.2) is 9.84 Å². The fourth-order valence-electron chi connectivity index (χ4n) is 1.13.